The van der Waals surface area contributed by atoms with Crippen LogP contribution in [-0.2, 0) is 6.54 Å². The molecule has 0 saturated carbocycles. The minimum Gasteiger partial charge on any atom is -0.360 e. The quantitative estimate of drug-likeness (QED) is 0.797. The molecule has 0 aliphatic carbocycles. The molecular formula is C15H17N5O2. The Morgan fingerprint density at radius 1 is 1.36 bits per heavy atom. The lowest BCUT2D eigenvalue weighted by Crippen LogP contribution is -2.25. The Bertz CT molecular complexity index is 818. The first-order valence-corrected chi connectivity index (χ1v) is 7.11. The summed E-state index contributed by atoms with van der Waals surface area (Å²) < 4.78 is 7.08. The van der Waals surface area contributed by atoms with E-state index in [0.717, 1.165) is 5.65 Å². The molecule has 7 heteroatoms. The third-order valence-corrected chi connectivity index (χ3v) is 3.43. The molecule has 0 saturated heterocycles. The Morgan fingerprint density at radius 3 is 2.95 bits per heavy atom. The van der Waals surface area contributed by atoms with Crippen LogP contribution in [0.1, 0.15) is 47.4 Å². The van der Waals surface area contributed by atoms with Gasteiger partial charge in [0, 0.05) is 12.1 Å². The van der Waals surface area contributed by atoms with Crippen LogP contribution < -0.4 is 5.32 Å². The number of aromatic nitrogens is 4. The lowest BCUT2D eigenvalue weighted by Gasteiger charge is -2.06. The molecule has 3 rings (SSSR count). The summed E-state index contributed by atoms with van der Waals surface area (Å²) in [5.74, 6) is 1.15. The minimum atomic E-state index is -0.213. The van der Waals surface area contributed by atoms with Crippen LogP contribution in [0.25, 0.3) is 5.65 Å². The van der Waals surface area contributed by atoms with Gasteiger partial charge in [0.1, 0.15) is 5.56 Å². The van der Waals surface area contributed by atoms with Gasteiger partial charge >= 0.3 is 0 Å². The Morgan fingerprint density at radius 2 is 2.18 bits per heavy atom. The predicted octanol–water partition coefficient (Wildman–Crippen LogP) is 2.08. The second-order valence-corrected chi connectivity index (χ2v) is 5.39. The number of hydrogen-bond donors (Lipinski definition) is 1. The van der Waals surface area contributed by atoms with Crippen molar-refractivity contribution in [3.05, 3.63) is 47.2 Å². The number of hydrogen-bond acceptors (Lipinski definition) is 5. The van der Waals surface area contributed by atoms with Gasteiger partial charge in [-0.2, -0.15) is 0 Å². The maximum atomic E-state index is 12.4. The molecule has 0 fully saturated rings. The average Bonchev–Trinajstić information content (AvgIpc) is 3.08. The van der Waals surface area contributed by atoms with Gasteiger partial charge in [-0.05, 0) is 19.1 Å². The van der Waals surface area contributed by atoms with E-state index in [2.05, 4.69) is 20.7 Å². The van der Waals surface area contributed by atoms with E-state index in [9.17, 15) is 4.79 Å². The van der Waals surface area contributed by atoms with Crippen LogP contribution in [0.5, 0.6) is 0 Å². The van der Waals surface area contributed by atoms with Crippen LogP contribution in [0, 0.1) is 6.92 Å². The van der Waals surface area contributed by atoms with Crippen molar-refractivity contribution in [2.75, 3.05) is 0 Å². The van der Waals surface area contributed by atoms with E-state index in [1.165, 1.54) is 0 Å². The normalized spacial score (nSPS) is 11.3. The number of rotatable bonds is 4. The third-order valence-electron chi connectivity index (χ3n) is 3.43. The highest BCUT2D eigenvalue weighted by atomic mass is 16.5. The number of pyridine rings is 1. The molecule has 0 aliphatic heterocycles. The van der Waals surface area contributed by atoms with Crippen LogP contribution in [-0.4, -0.2) is 25.7 Å². The van der Waals surface area contributed by atoms with Gasteiger partial charge in [-0.1, -0.05) is 25.1 Å². The maximum Gasteiger partial charge on any atom is 0.257 e. The van der Waals surface area contributed by atoms with Crippen molar-refractivity contribution in [1.29, 1.82) is 0 Å². The second-order valence-electron chi connectivity index (χ2n) is 5.39. The molecule has 3 aromatic rings. The van der Waals surface area contributed by atoms with Crippen molar-refractivity contribution < 1.29 is 9.32 Å². The van der Waals surface area contributed by atoms with Crippen LogP contribution >= 0.6 is 0 Å². The van der Waals surface area contributed by atoms with E-state index in [1.807, 2.05) is 42.6 Å². The summed E-state index contributed by atoms with van der Waals surface area (Å²) in [4.78, 5) is 12.4. The molecule has 114 valence electrons. The first-order valence-electron chi connectivity index (χ1n) is 7.11. The maximum absolute atomic E-state index is 12.4. The summed E-state index contributed by atoms with van der Waals surface area (Å²) in [6, 6.07) is 5.64. The number of nitrogens with zero attached hydrogens (tertiary/aromatic N) is 4. The van der Waals surface area contributed by atoms with E-state index in [-0.39, 0.29) is 18.4 Å². The Balaban J connectivity index is 1.79. The van der Waals surface area contributed by atoms with E-state index in [1.54, 1.807) is 6.92 Å². The Labute approximate surface area is 127 Å². The number of aryl methyl sites for hydroxylation is 1. The van der Waals surface area contributed by atoms with Crippen LogP contribution in [0.2, 0.25) is 0 Å². The monoisotopic (exact) mass is 299 g/mol. The molecule has 0 aliphatic rings. The zero-order chi connectivity index (χ0) is 15.7. The van der Waals surface area contributed by atoms with Crippen LogP contribution in [0.15, 0.2) is 28.9 Å². The summed E-state index contributed by atoms with van der Waals surface area (Å²) in [6.45, 7) is 5.97. The highest BCUT2D eigenvalue weighted by Crippen LogP contribution is 2.22. The summed E-state index contributed by atoms with van der Waals surface area (Å²) in [5, 5.41) is 14.9. The fourth-order valence-corrected chi connectivity index (χ4v) is 2.32. The summed E-state index contributed by atoms with van der Waals surface area (Å²) in [5.41, 5.74) is 1.84. The molecular weight excluding hydrogens is 282 g/mol. The number of amides is 1. The first-order chi connectivity index (χ1) is 10.6. The highest BCUT2D eigenvalue weighted by Gasteiger charge is 2.22. The first kappa shape index (κ1) is 14.2. The fraction of sp³-hybridized carbons (Fsp3) is 0.333. The molecule has 3 heterocycles. The lowest BCUT2D eigenvalue weighted by atomic mass is 10.0. The number of fused-ring (bicyclic) bond motifs is 1. The molecule has 0 radical (unpaired) electrons. The van der Waals surface area contributed by atoms with E-state index < -0.39 is 0 Å². The standard InChI is InChI=1S/C15H17N5O2/c1-9(2)14-13(10(3)19-22-14)15(21)16-8-12-18-17-11-6-4-5-7-20(11)12/h4-7,9H,8H2,1-3H3,(H,16,21). The SMILES string of the molecule is Cc1noc(C(C)C)c1C(=O)NCc1nnc2ccccn12. The molecule has 22 heavy (non-hydrogen) atoms. The van der Waals surface area contributed by atoms with Crippen molar-refractivity contribution in [1.82, 2.24) is 25.1 Å². The molecule has 0 aromatic carbocycles. The van der Waals surface area contributed by atoms with Gasteiger partial charge in [-0.15, -0.1) is 10.2 Å². The summed E-state index contributed by atoms with van der Waals surface area (Å²) in [6.07, 6.45) is 1.86. The largest absolute Gasteiger partial charge is 0.360 e. The van der Waals surface area contributed by atoms with E-state index >= 15 is 0 Å². The van der Waals surface area contributed by atoms with Gasteiger partial charge in [-0.25, -0.2) is 0 Å². The Hall–Kier alpha value is -2.70. The van der Waals surface area contributed by atoms with Crippen LogP contribution in [0.4, 0.5) is 0 Å². The number of carbonyl (C=O) groups excluding carboxylic acids is 1. The molecule has 0 bridgehead atoms. The molecule has 1 N–H and O–H groups in total. The van der Waals surface area contributed by atoms with Crippen molar-refractivity contribution >= 4 is 11.6 Å². The number of nitrogens with one attached hydrogen (secondary N) is 1. The minimum absolute atomic E-state index is 0.0934. The molecule has 0 unspecified atom stereocenters. The predicted molar refractivity (Wildman–Crippen MR) is 79.5 cm³/mol. The van der Waals surface area contributed by atoms with Crippen molar-refractivity contribution in [2.24, 2.45) is 0 Å². The van der Waals surface area contributed by atoms with Crippen molar-refractivity contribution in [2.45, 2.75) is 33.2 Å². The smallest absolute Gasteiger partial charge is 0.257 e. The van der Waals surface area contributed by atoms with Gasteiger partial charge in [0.2, 0.25) is 0 Å². The Kier molecular flexibility index (Phi) is 3.62. The fourth-order valence-electron chi connectivity index (χ4n) is 2.32. The van der Waals surface area contributed by atoms with E-state index in [0.29, 0.717) is 22.8 Å². The molecule has 3 aromatic heterocycles. The second kappa shape index (κ2) is 5.59. The third kappa shape index (κ3) is 2.45. The van der Waals surface area contributed by atoms with Gasteiger partial charge < -0.3 is 9.84 Å². The highest BCUT2D eigenvalue weighted by molar-refractivity contribution is 5.96. The van der Waals surface area contributed by atoms with Gasteiger partial charge in [0.15, 0.2) is 17.2 Å². The summed E-state index contributed by atoms with van der Waals surface area (Å²) >= 11 is 0. The average molecular weight is 299 g/mol. The number of carbonyl (C=O) groups is 1. The zero-order valence-electron chi connectivity index (χ0n) is 12.7. The van der Waals surface area contributed by atoms with E-state index in [4.69, 9.17) is 4.52 Å². The van der Waals surface area contributed by atoms with Crippen LogP contribution in [0.3, 0.4) is 0 Å². The van der Waals surface area contributed by atoms with Gasteiger partial charge in [0.25, 0.3) is 5.91 Å². The molecule has 0 atom stereocenters. The molecule has 7 nitrogen and oxygen atoms in total. The summed E-state index contributed by atoms with van der Waals surface area (Å²) in [7, 11) is 0. The van der Waals surface area contributed by atoms with Crippen molar-refractivity contribution in [3.63, 3.8) is 0 Å². The van der Waals surface area contributed by atoms with Crippen molar-refractivity contribution in [3.8, 4) is 0 Å². The van der Waals surface area contributed by atoms with Gasteiger partial charge in [-0.3, -0.25) is 9.20 Å². The molecule has 1 amide bonds. The topological polar surface area (TPSA) is 85.3 Å². The zero-order valence-corrected chi connectivity index (χ0v) is 12.7. The van der Waals surface area contributed by atoms with Gasteiger partial charge in [0.05, 0.1) is 12.2 Å². The lowest BCUT2D eigenvalue weighted by molar-refractivity contribution is 0.0946. The molecule has 0 spiro atoms.